The molecular weight excluding hydrogens is 406 g/mol. The molecular formula is C29H39N3O. The molecule has 0 spiro atoms. The van der Waals surface area contributed by atoms with E-state index >= 15 is 0 Å². The van der Waals surface area contributed by atoms with Crippen LogP contribution >= 0.6 is 0 Å². The van der Waals surface area contributed by atoms with E-state index in [1.165, 1.54) is 34.9 Å². The predicted molar refractivity (Wildman–Crippen MR) is 137 cm³/mol. The monoisotopic (exact) mass is 445 g/mol. The summed E-state index contributed by atoms with van der Waals surface area (Å²) in [5, 5.41) is 1.28. The van der Waals surface area contributed by atoms with Crippen LogP contribution in [0.4, 0.5) is 0 Å². The number of rotatable bonds is 9. The number of carbonyl (C=O) groups excluding carboxylic acids is 1. The molecule has 1 saturated carbocycles. The van der Waals surface area contributed by atoms with E-state index in [4.69, 9.17) is 0 Å². The fourth-order valence-corrected chi connectivity index (χ4v) is 5.82. The molecule has 4 nitrogen and oxygen atoms in total. The SMILES string of the molecule is CCCC(=O)N(CCc1c[nH]c2ccccc12)C1CCC(C(c2ccccc2)N(C)C)CC1. The quantitative estimate of drug-likeness (QED) is 0.426. The minimum absolute atomic E-state index is 0.327. The second-order valence-corrected chi connectivity index (χ2v) is 9.83. The third-order valence-electron chi connectivity index (χ3n) is 7.41. The van der Waals surface area contributed by atoms with Crippen molar-refractivity contribution in [1.29, 1.82) is 0 Å². The van der Waals surface area contributed by atoms with Gasteiger partial charge in [0.05, 0.1) is 0 Å². The minimum Gasteiger partial charge on any atom is -0.361 e. The Labute approximate surface area is 199 Å². The number of aromatic nitrogens is 1. The van der Waals surface area contributed by atoms with Crippen LogP contribution in [0.15, 0.2) is 60.8 Å². The molecule has 3 aromatic rings. The van der Waals surface area contributed by atoms with E-state index in [0.29, 0.717) is 30.3 Å². The van der Waals surface area contributed by atoms with Gasteiger partial charge >= 0.3 is 0 Å². The van der Waals surface area contributed by atoms with Crippen molar-refractivity contribution in [3.05, 3.63) is 71.9 Å². The Hall–Kier alpha value is -2.59. The molecule has 1 aliphatic carbocycles. The van der Waals surface area contributed by atoms with Crippen LogP contribution in [0.2, 0.25) is 0 Å². The molecule has 4 rings (SSSR count). The maximum absolute atomic E-state index is 13.1. The number of nitrogens with one attached hydrogen (secondary N) is 1. The van der Waals surface area contributed by atoms with E-state index < -0.39 is 0 Å². The second-order valence-electron chi connectivity index (χ2n) is 9.83. The Kier molecular flexibility index (Phi) is 7.87. The van der Waals surface area contributed by atoms with Gasteiger partial charge in [0.1, 0.15) is 0 Å². The maximum Gasteiger partial charge on any atom is 0.222 e. The Morgan fingerprint density at radius 2 is 1.70 bits per heavy atom. The van der Waals surface area contributed by atoms with Crippen LogP contribution in [-0.2, 0) is 11.2 Å². The Bertz CT molecular complexity index is 1020. The molecule has 0 saturated heterocycles. The molecule has 1 unspecified atom stereocenters. The van der Waals surface area contributed by atoms with Gasteiger partial charge in [0, 0.05) is 42.1 Å². The van der Waals surface area contributed by atoms with Crippen molar-refractivity contribution in [2.75, 3.05) is 20.6 Å². The van der Waals surface area contributed by atoms with Crippen LogP contribution in [0.25, 0.3) is 10.9 Å². The highest BCUT2D eigenvalue weighted by Gasteiger charge is 2.33. The molecule has 2 aromatic carbocycles. The van der Waals surface area contributed by atoms with Crippen LogP contribution in [0.1, 0.15) is 62.6 Å². The zero-order chi connectivity index (χ0) is 23.2. The van der Waals surface area contributed by atoms with Gasteiger partial charge in [-0.25, -0.2) is 0 Å². The summed E-state index contributed by atoms with van der Waals surface area (Å²) in [4.78, 5) is 21.1. The number of para-hydroxylation sites is 1. The molecule has 0 radical (unpaired) electrons. The fourth-order valence-electron chi connectivity index (χ4n) is 5.82. The first-order chi connectivity index (χ1) is 16.1. The van der Waals surface area contributed by atoms with Crippen molar-refractivity contribution in [2.45, 2.75) is 64.0 Å². The summed E-state index contributed by atoms with van der Waals surface area (Å²) in [5.74, 6) is 0.961. The lowest BCUT2D eigenvalue weighted by Crippen LogP contribution is -2.44. The Balaban J connectivity index is 1.43. The normalized spacial score (nSPS) is 19.6. The zero-order valence-electron chi connectivity index (χ0n) is 20.5. The first-order valence-corrected chi connectivity index (χ1v) is 12.6. The van der Waals surface area contributed by atoms with E-state index in [2.05, 4.69) is 96.6 Å². The number of nitrogens with zero attached hydrogens (tertiary/aromatic N) is 2. The molecule has 4 heteroatoms. The minimum atomic E-state index is 0.327. The lowest BCUT2D eigenvalue weighted by Gasteiger charge is -2.41. The molecule has 1 aliphatic rings. The van der Waals surface area contributed by atoms with Gasteiger partial charge in [-0.05, 0) is 75.7 Å². The Morgan fingerprint density at radius 1 is 1.00 bits per heavy atom. The van der Waals surface area contributed by atoms with E-state index in [9.17, 15) is 4.79 Å². The smallest absolute Gasteiger partial charge is 0.222 e. The van der Waals surface area contributed by atoms with Crippen LogP contribution in [-0.4, -0.2) is 47.4 Å². The average Bonchev–Trinajstić information content (AvgIpc) is 3.24. The zero-order valence-corrected chi connectivity index (χ0v) is 20.5. The first-order valence-electron chi connectivity index (χ1n) is 12.6. The summed E-state index contributed by atoms with van der Waals surface area (Å²) in [6.07, 6.45) is 9.13. The Morgan fingerprint density at radius 3 is 2.39 bits per heavy atom. The number of hydrogen-bond donors (Lipinski definition) is 1. The first kappa shape index (κ1) is 23.6. The molecule has 176 valence electrons. The van der Waals surface area contributed by atoms with Gasteiger partial charge in [0.2, 0.25) is 5.91 Å². The molecule has 1 aromatic heterocycles. The van der Waals surface area contributed by atoms with Gasteiger partial charge in [0.15, 0.2) is 0 Å². The summed E-state index contributed by atoms with van der Waals surface area (Å²) < 4.78 is 0. The number of benzene rings is 2. The van der Waals surface area contributed by atoms with Crippen LogP contribution in [0.3, 0.4) is 0 Å². The van der Waals surface area contributed by atoms with Gasteiger partial charge in [-0.2, -0.15) is 0 Å². The molecule has 1 N–H and O–H groups in total. The number of carbonyl (C=O) groups is 1. The van der Waals surface area contributed by atoms with Crippen LogP contribution < -0.4 is 0 Å². The predicted octanol–water partition coefficient (Wildman–Crippen LogP) is 6.20. The lowest BCUT2D eigenvalue weighted by molar-refractivity contribution is -0.134. The fraction of sp³-hybridized carbons (Fsp3) is 0.483. The average molecular weight is 446 g/mol. The largest absolute Gasteiger partial charge is 0.361 e. The van der Waals surface area contributed by atoms with Gasteiger partial charge < -0.3 is 14.8 Å². The van der Waals surface area contributed by atoms with Crippen LogP contribution in [0, 0.1) is 5.92 Å². The molecule has 1 fully saturated rings. The number of fused-ring (bicyclic) bond motifs is 1. The summed E-state index contributed by atoms with van der Waals surface area (Å²) >= 11 is 0. The van der Waals surface area contributed by atoms with Gasteiger partial charge in [-0.3, -0.25) is 4.79 Å². The topological polar surface area (TPSA) is 39.3 Å². The number of H-pyrrole nitrogens is 1. The highest BCUT2D eigenvalue weighted by molar-refractivity contribution is 5.83. The highest BCUT2D eigenvalue weighted by atomic mass is 16.2. The third kappa shape index (κ3) is 5.50. The molecule has 0 bridgehead atoms. The summed E-state index contributed by atoms with van der Waals surface area (Å²) in [5.41, 5.74) is 3.89. The van der Waals surface area contributed by atoms with Crippen molar-refractivity contribution in [1.82, 2.24) is 14.8 Å². The highest BCUT2D eigenvalue weighted by Crippen LogP contribution is 2.38. The van der Waals surface area contributed by atoms with Crippen molar-refractivity contribution >= 4 is 16.8 Å². The van der Waals surface area contributed by atoms with E-state index in [1.807, 2.05) is 0 Å². The molecule has 0 aliphatic heterocycles. The number of hydrogen-bond acceptors (Lipinski definition) is 2. The second kappa shape index (κ2) is 11.0. The number of amides is 1. The van der Waals surface area contributed by atoms with Crippen molar-refractivity contribution in [3.8, 4) is 0 Å². The molecule has 33 heavy (non-hydrogen) atoms. The summed E-state index contributed by atoms with van der Waals surface area (Å²) in [6, 6.07) is 20.2. The van der Waals surface area contributed by atoms with E-state index in [1.54, 1.807) is 0 Å². The van der Waals surface area contributed by atoms with Crippen molar-refractivity contribution in [3.63, 3.8) is 0 Å². The maximum atomic E-state index is 13.1. The van der Waals surface area contributed by atoms with Gasteiger partial charge in [-0.15, -0.1) is 0 Å². The van der Waals surface area contributed by atoms with Crippen molar-refractivity contribution in [2.24, 2.45) is 5.92 Å². The van der Waals surface area contributed by atoms with Gasteiger partial charge in [0.25, 0.3) is 0 Å². The molecule has 1 amide bonds. The lowest BCUT2D eigenvalue weighted by atomic mass is 9.78. The van der Waals surface area contributed by atoms with E-state index in [0.717, 1.165) is 32.2 Å². The standard InChI is InChI=1S/C29H39N3O/c1-4-10-28(33)32(20-19-24-21-30-27-14-9-8-13-26(24)27)25-17-15-23(16-18-25)29(31(2)3)22-11-6-5-7-12-22/h5-9,11-14,21,23,25,29-30H,4,10,15-20H2,1-3H3. The van der Waals surface area contributed by atoms with Crippen molar-refractivity contribution < 1.29 is 4.79 Å². The summed E-state index contributed by atoms with van der Waals surface area (Å²) in [6.45, 7) is 2.92. The summed E-state index contributed by atoms with van der Waals surface area (Å²) in [7, 11) is 4.39. The van der Waals surface area contributed by atoms with E-state index in [-0.39, 0.29) is 0 Å². The van der Waals surface area contributed by atoms with Crippen LogP contribution in [0.5, 0.6) is 0 Å². The number of aromatic amines is 1. The molecule has 1 heterocycles. The third-order valence-corrected chi connectivity index (χ3v) is 7.41. The molecule has 1 atom stereocenters. The van der Waals surface area contributed by atoms with Gasteiger partial charge in [-0.1, -0.05) is 55.5 Å².